The number of rotatable bonds is 5. The van der Waals surface area contributed by atoms with Crippen molar-refractivity contribution < 1.29 is 13.9 Å². The highest BCUT2D eigenvalue weighted by atomic mass is 35.5. The number of nitrogens with one attached hydrogen (secondary N) is 1. The minimum Gasteiger partial charge on any atom is -0.496 e. The summed E-state index contributed by atoms with van der Waals surface area (Å²) in [5, 5.41) is 2.81. The van der Waals surface area contributed by atoms with Crippen LogP contribution in [0.3, 0.4) is 0 Å². The molecule has 4 nitrogen and oxygen atoms in total. The van der Waals surface area contributed by atoms with E-state index in [1.54, 1.807) is 26.8 Å². The highest BCUT2D eigenvalue weighted by molar-refractivity contribution is 5.85. The highest BCUT2D eigenvalue weighted by Gasteiger charge is 2.21. The molecule has 3 unspecified atom stereocenters. The lowest BCUT2D eigenvalue weighted by molar-refractivity contribution is -0.125. The summed E-state index contributed by atoms with van der Waals surface area (Å²) in [6, 6.07) is 3.64. The molecule has 3 atom stereocenters. The van der Waals surface area contributed by atoms with Crippen molar-refractivity contribution in [3.05, 3.63) is 29.6 Å². The van der Waals surface area contributed by atoms with Crippen LogP contribution in [0.25, 0.3) is 0 Å². The van der Waals surface area contributed by atoms with Crippen molar-refractivity contribution >= 4 is 18.3 Å². The molecule has 1 amide bonds. The number of benzene rings is 1. The van der Waals surface area contributed by atoms with Gasteiger partial charge in [0, 0.05) is 17.5 Å². The molecule has 0 spiro atoms. The first-order valence-corrected chi connectivity index (χ1v) is 6.26. The first-order valence-electron chi connectivity index (χ1n) is 6.26. The van der Waals surface area contributed by atoms with Crippen molar-refractivity contribution in [2.45, 2.75) is 32.9 Å². The SMILES string of the molecule is COc1ccc(F)cc1C(C)NC(=O)C(C)C(C)N.Cl. The summed E-state index contributed by atoms with van der Waals surface area (Å²) in [6.07, 6.45) is 0. The van der Waals surface area contributed by atoms with E-state index in [0.29, 0.717) is 11.3 Å². The van der Waals surface area contributed by atoms with Crippen LogP contribution in [0.2, 0.25) is 0 Å². The van der Waals surface area contributed by atoms with Crippen LogP contribution in [0.15, 0.2) is 18.2 Å². The summed E-state index contributed by atoms with van der Waals surface area (Å²) >= 11 is 0. The van der Waals surface area contributed by atoms with E-state index < -0.39 is 0 Å². The Morgan fingerprint density at radius 1 is 1.35 bits per heavy atom. The molecule has 0 fully saturated rings. The van der Waals surface area contributed by atoms with Gasteiger partial charge in [0.05, 0.1) is 13.2 Å². The second kappa shape index (κ2) is 8.07. The lowest BCUT2D eigenvalue weighted by Gasteiger charge is -2.21. The topological polar surface area (TPSA) is 64.3 Å². The van der Waals surface area contributed by atoms with Gasteiger partial charge in [-0.25, -0.2) is 4.39 Å². The predicted octanol–water partition coefficient (Wildman–Crippen LogP) is 2.42. The Kier molecular flexibility index (Phi) is 7.53. The quantitative estimate of drug-likeness (QED) is 0.878. The first kappa shape index (κ1) is 18.7. The van der Waals surface area contributed by atoms with Crippen molar-refractivity contribution in [2.75, 3.05) is 7.11 Å². The van der Waals surface area contributed by atoms with Crippen molar-refractivity contribution in [3.63, 3.8) is 0 Å². The molecule has 0 aliphatic heterocycles. The second-order valence-corrected chi connectivity index (χ2v) is 4.76. The summed E-state index contributed by atoms with van der Waals surface area (Å²) in [7, 11) is 1.51. The van der Waals surface area contributed by atoms with E-state index in [0.717, 1.165) is 0 Å². The lowest BCUT2D eigenvalue weighted by atomic mass is 10.0. The Labute approximate surface area is 125 Å². The number of carbonyl (C=O) groups excluding carboxylic acids is 1. The molecule has 0 radical (unpaired) electrons. The van der Waals surface area contributed by atoms with Crippen LogP contribution >= 0.6 is 12.4 Å². The maximum atomic E-state index is 13.3. The molecule has 3 N–H and O–H groups in total. The Balaban J connectivity index is 0.00000361. The fourth-order valence-corrected chi connectivity index (χ4v) is 1.70. The minimum absolute atomic E-state index is 0. The van der Waals surface area contributed by atoms with Crippen LogP contribution in [-0.4, -0.2) is 19.1 Å². The molecule has 0 aliphatic rings. The molecule has 0 aliphatic carbocycles. The van der Waals surface area contributed by atoms with Crippen LogP contribution in [0, 0.1) is 11.7 Å². The largest absolute Gasteiger partial charge is 0.496 e. The highest BCUT2D eigenvalue weighted by Crippen LogP contribution is 2.26. The number of halogens is 2. The standard InChI is InChI=1S/C14H21FN2O2.ClH/c1-8(9(2)16)14(18)17-10(3)12-7-11(15)5-6-13(12)19-4;/h5-10H,16H2,1-4H3,(H,17,18);1H. The Bertz CT molecular complexity index is 455. The molecule has 1 aromatic rings. The van der Waals surface area contributed by atoms with Gasteiger partial charge in [0.25, 0.3) is 0 Å². The third-order valence-corrected chi connectivity index (χ3v) is 3.22. The summed E-state index contributed by atoms with van der Waals surface area (Å²) in [6.45, 7) is 5.32. The lowest BCUT2D eigenvalue weighted by Crippen LogP contribution is -2.39. The van der Waals surface area contributed by atoms with Gasteiger partial charge in [0.2, 0.25) is 5.91 Å². The third kappa shape index (κ3) is 4.65. The van der Waals surface area contributed by atoms with Crippen molar-refractivity contribution in [1.29, 1.82) is 0 Å². The fraction of sp³-hybridized carbons (Fsp3) is 0.500. The second-order valence-electron chi connectivity index (χ2n) is 4.76. The smallest absolute Gasteiger partial charge is 0.224 e. The van der Waals surface area contributed by atoms with E-state index in [1.807, 2.05) is 0 Å². The van der Waals surface area contributed by atoms with Crippen molar-refractivity contribution in [2.24, 2.45) is 11.7 Å². The van der Waals surface area contributed by atoms with E-state index in [-0.39, 0.29) is 42.1 Å². The van der Waals surface area contributed by atoms with Gasteiger partial charge in [-0.2, -0.15) is 0 Å². The van der Waals surface area contributed by atoms with Crippen LogP contribution in [-0.2, 0) is 4.79 Å². The Morgan fingerprint density at radius 3 is 2.45 bits per heavy atom. The maximum absolute atomic E-state index is 13.3. The number of methoxy groups -OCH3 is 1. The van der Waals surface area contributed by atoms with E-state index in [4.69, 9.17) is 10.5 Å². The number of carbonyl (C=O) groups is 1. The van der Waals surface area contributed by atoms with Crippen LogP contribution in [0.1, 0.15) is 32.4 Å². The van der Waals surface area contributed by atoms with Gasteiger partial charge in [0.1, 0.15) is 11.6 Å². The van der Waals surface area contributed by atoms with Gasteiger partial charge in [0.15, 0.2) is 0 Å². The zero-order valence-corrected chi connectivity index (χ0v) is 13.0. The van der Waals surface area contributed by atoms with E-state index in [9.17, 15) is 9.18 Å². The van der Waals surface area contributed by atoms with Gasteiger partial charge in [-0.05, 0) is 32.0 Å². The Morgan fingerprint density at radius 2 is 1.95 bits per heavy atom. The normalized spacial score (nSPS) is 14.7. The summed E-state index contributed by atoms with van der Waals surface area (Å²) in [5.74, 6) is -0.282. The molecule has 0 saturated carbocycles. The molecular weight excluding hydrogens is 283 g/mol. The summed E-state index contributed by atoms with van der Waals surface area (Å²) < 4.78 is 18.4. The van der Waals surface area contributed by atoms with E-state index in [2.05, 4.69) is 5.32 Å². The van der Waals surface area contributed by atoms with E-state index >= 15 is 0 Å². The maximum Gasteiger partial charge on any atom is 0.224 e. The molecule has 0 aromatic heterocycles. The van der Waals surface area contributed by atoms with E-state index in [1.165, 1.54) is 19.2 Å². The number of hydrogen-bond acceptors (Lipinski definition) is 3. The molecule has 114 valence electrons. The third-order valence-electron chi connectivity index (χ3n) is 3.22. The molecule has 0 bridgehead atoms. The average molecular weight is 305 g/mol. The summed E-state index contributed by atoms with van der Waals surface area (Å²) in [5.41, 5.74) is 6.29. The van der Waals surface area contributed by atoms with Crippen LogP contribution in [0.4, 0.5) is 4.39 Å². The van der Waals surface area contributed by atoms with Gasteiger partial charge >= 0.3 is 0 Å². The van der Waals surface area contributed by atoms with Crippen LogP contribution in [0.5, 0.6) is 5.75 Å². The predicted molar refractivity (Wildman–Crippen MR) is 79.6 cm³/mol. The molecule has 1 rings (SSSR count). The summed E-state index contributed by atoms with van der Waals surface area (Å²) in [4.78, 5) is 11.9. The number of amides is 1. The molecule has 20 heavy (non-hydrogen) atoms. The Hall–Kier alpha value is -1.33. The fourth-order valence-electron chi connectivity index (χ4n) is 1.70. The van der Waals surface area contributed by atoms with Gasteiger partial charge in [-0.1, -0.05) is 6.92 Å². The van der Waals surface area contributed by atoms with Gasteiger partial charge in [-0.15, -0.1) is 12.4 Å². The van der Waals surface area contributed by atoms with Crippen molar-refractivity contribution in [1.82, 2.24) is 5.32 Å². The molecule has 0 saturated heterocycles. The average Bonchev–Trinajstić information content (AvgIpc) is 2.37. The van der Waals surface area contributed by atoms with Crippen molar-refractivity contribution in [3.8, 4) is 5.75 Å². The van der Waals surface area contributed by atoms with Gasteiger partial charge in [-0.3, -0.25) is 4.79 Å². The number of hydrogen-bond donors (Lipinski definition) is 2. The van der Waals surface area contributed by atoms with Crippen LogP contribution < -0.4 is 15.8 Å². The first-order chi connectivity index (χ1) is 8.86. The molecule has 1 aromatic carbocycles. The zero-order valence-electron chi connectivity index (χ0n) is 12.1. The molecular formula is C14H22ClFN2O2. The molecule has 6 heteroatoms. The monoisotopic (exact) mass is 304 g/mol. The minimum atomic E-state index is -0.364. The number of ether oxygens (including phenoxy) is 1. The van der Waals surface area contributed by atoms with Gasteiger partial charge < -0.3 is 15.8 Å². The number of nitrogens with two attached hydrogens (primary N) is 1. The molecule has 0 heterocycles. The zero-order chi connectivity index (χ0) is 14.6.